The number of nitrogens with zero attached hydrogens (tertiary/aromatic N) is 6. The van der Waals surface area contributed by atoms with Crippen molar-refractivity contribution in [2.75, 3.05) is 13.2 Å². The second-order valence-corrected chi connectivity index (χ2v) is 8.00. The van der Waals surface area contributed by atoms with E-state index in [2.05, 4.69) is 20.3 Å². The highest BCUT2D eigenvalue weighted by Crippen LogP contribution is 2.36. The van der Waals surface area contributed by atoms with E-state index in [1.54, 1.807) is 42.4 Å². The zero-order valence-corrected chi connectivity index (χ0v) is 18.8. The summed E-state index contributed by atoms with van der Waals surface area (Å²) < 4.78 is 25.2. The number of carbonyl (C=O) groups is 1. The van der Waals surface area contributed by atoms with Crippen LogP contribution in [0.1, 0.15) is 47.6 Å². The number of para-hydroxylation sites is 1. The molecule has 0 radical (unpaired) electrons. The Hall–Kier alpha value is -4.08. The molecule has 9 nitrogen and oxygen atoms in total. The Morgan fingerprint density at radius 3 is 2.85 bits per heavy atom. The van der Waals surface area contributed by atoms with Gasteiger partial charge in [0.1, 0.15) is 0 Å². The van der Waals surface area contributed by atoms with Crippen LogP contribution in [0, 0.1) is 12.7 Å². The van der Waals surface area contributed by atoms with E-state index in [-0.39, 0.29) is 23.6 Å². The zero-order valence-electron chi connectivity index (χ0n) is 18.8. The van der Waals surface area contributed by atoms with Crippen molar-refractivity contribution in [1.82, 2.24) is 30.0 Å². The van der Waals surface area contributed by atoms with Crippen LogP contribution >= 0.6 is 0 Å². The van der Waals surface area contributed by atoms with Crippen molar-refractivity contribution in [3.05, 3.63) is 71.6 Å². The molecule has 174 valence electrons. The van der Waals surface area contributed by atoms with Crippen LogP contribution in [0.4, 0.5) is 4.39 Å². The molecule has 1 amide bonds. The van der Waals surface area contributed by atoms with Crippen LogP contribution in [-0.2, 0) is 0 Å². The van der Waals surface area contributed by atoms with Gasteiger partial charge in [-0.25, -0.2) is 4.39 Å². The van der Waals surface area contributed by atoms with E-state index < -0.39 is 5.82 Å². The van der Waals surface area contributed by atoms with Gasteiger partial charge in [0.2, 0.25) is 0 Å². The molecule has 0 N–H and O–H groups in total. The van der Waals surface area contributed by atoms with Gasteiger partial charge in [-0.15, -0.1) is 0 Å². The van der Waals surface area contributed by atoms with Crippen molar-refractivity contribution in [1.29, 1.82) is 0 Å². The Morgan fingerprint density at radius 2 is 2.06 bits per heavy atom. The molecule has 1 aliphatic heterocycles. The number of benzene rings is 2. The van der Waals surface area contributed by atoms with Gasteiger partial charge in [-0.05, 0) is 56.5 Å². The fraction of sp³-hybridized carbons (Fsp3) is 0.292. The molecule has 10 heteroatoms. The van der Waals surface area contributed by atoms with Gasteiger partial charge in [0, 0.05) is 6.54 Å². The van der Waals surface area contributed by atoms with Gasteiger partial charge >= 0.3 is 0 Å². The monoisotopic (exact) mass is 462 g/mol. The largest absolute Gasteiger partial charge is 0.490 e. The van der Waals surface area contributed by atoms with Gasteiger partial charge in [-0.1, -0.05) is 17.3 Å². The van der Waals surface area contributed by atoms with Crippen molar-refractivity contribution < 1.29 is 18.4 Å². The Labute approximate surface area is 195 Å². The standard InChI is InChI=1S/C24H23FN6O3/c1-3-33-21-17(6-4-7-18(21)25)23-28-22(29-34-23)19-8-5-13-30(19)24(32)16-10-9-15(2)14-20(16)31-26-11-12-27-31/h4,6-7,9-12,14,19H,3,5,8,13H2,1-2H3. The molecule has 1 fully saturated rings. The maximum absolute atomic E-state index is 14.3. The molecule has 0 saturated carbocycles. The van der Waals surface area contributed by atoms with Crippen LogP contribution in [-0.4, -0.2) is 49.1 Å². The normalized spacial score (nSPS) is 15.6. The van der Waals surface area contributed by atoms with E-state index in [0.29, 0.717) is 42.2 Å². The average Bonchev–Trinajstić information content (AvgIpc) is 3.61. The smallest absolute Gasteiger partial charge is 0.261 e. The molecule has 0 spiro atoms. The van der Waals surface area contributed by atoms with Gasteiger partial charge < -0.3 is 14.2 Å². The summed E-state index contributed by atoms with van der Waals surface area (Å²) >= 11 is 0. The molecule has 0 bridgehead atoms. The Bertz CT molecular complexity index is 1320. The number of hydrogen-bond acceptors (Lipinski definition) is 7. The summed E-state index contributed by atoms with van der Waals surface area (Å²) in [4.78, 5) is 21.3. The second-order valence-electron chi connectivity index (χ2n) is 8.00. The van der Waals surface area contributed by atoms with Gasteiger partial charge in [-0.2, -0.15) is 20.0 Å². The number of aryl methyl sites for hydroxylation is 1. The topological polar surface area (TPSA) is 99.2 Å². The quantitative estimate of drug-likeness (QED) is 0.425. The molecule has 1 unspecified atom stereocenters. The van der Waals surface area contributed by atoms with Crippen molar-refractivity contribution in [3.63, 3.8) is 0 Å². The Kier molecular flexibility index (Phi) is 5.79. The van der Waals surface area contributed by atoms with E-state index in [4.69, 9.17) is 9.26 Å². The first kappa shape index (κ1) is 21.7. The summed E-state index contributed by atoms with van der Waals surface area (Å²) in [5, 5.41) is 12.5. The highest BCUT2D eigenvalue weighted by Gasteiger charge is 2.35. The minimum atomic E-state index is -0.504. The lowest BCUT2D eigenvalue weighted by Gasteiger charge is -2.23. The highest BCUT2D eigenvalue weighted by molar-refractivity contribution is 5.98. The maximum Gasteiger partial charge on any atom is 0.261 e. The molecule has 2 aromatic carbocycles. The summed E-state index contributed by atoms with van der Waals surface area (Å²) in [5.74, 6) is -0.0826. The number of halogens is 1. The predicted octanol–water partition coefficient (Wildman–Crippen LogP) is 4.14. The highest BCUT2D eigenvalue weighted by atomic mass is 19.1. The van der Waals surface area contributed by atoms with Crippen LogP contribution < -0.4 is 4.74 Å². The number of aromatic nitrogens is 5. The van der Waals surface area contributed by atoms with Gasteiger partial charge in [0.15, 0.2) is 17.4 Å². The van der Waals surface area contributed by atoms with Crippen LogP contribution in [0.15, 0.2) is 53.3 Å². The Balaban J connectivity index is 1.46. The predicted molar refractivity (Wildman–Crippen MR) is 120 cm³/mol. The molecular weight excluding hydrogens is 439 g/mol. The van der Waals surface area contributed by atoms with Crippen molar-refractivity contribution >= 4 is 5.91 Å². The molecule has 1 atom stereocenters. The first-order valence-corrected chi connectivity index (χ1v) is 11.1. The fourth-order valence-corrected chi connectivity index (χ4v) is 4.21. The van der Waals surface area contributed by atoms with Gasteiger partial charge in [-0.3, -0.25) is 4.79 Å². The molecule has 4 aromatic rings. The van der Waals surface area contributed by atoms with E-state index in [9.17, 15) is 9.18 Å². The molecule has 1 saturated heterocycles. The SMILES string of the molecule is CCOc1c(F)cccc1-c1nc(C2CCCN2C(=O)c2ccc(C)cc2-n2nccn2)no1. The summed E-state index contributed by atoms with van der Waals surface area (Å²) in [6.45, 7) is 4.57. The summed E-state index contributed by atoms with van der Waals surface area (Å²) in [6, 6.07) is 9.73. The summed E-state index contributed by atoms with van der Waals surface area (Å²) in [5.41, 5.74) is 2.46. The molecule has 2 aromatic heterocycles. The third-order valence-corrected chi connectivity index (χ3v) is 5.76. The van der Waals surface area contributed by atoms with E-state index >= 15 is 0 Å². The van der Waals surface area contributed by atoms with Gasteiger partial charge in [0.25, 0.3) is 11.8 Å². The number of rotatable bonds is 6. The van der Waals surface area contributed by atoms with E-state index in [0.717, 1.165) is 12.0 Å². The zero-order chi connectivity index (χ0) is 23.7. The average molecular weight is 462 g/mol. The van der Waals surface area contributed by atoms with E-state index in [1.165, 1.54) is 10.9 Å². The molecule has 3 heterocycles. The van der Waals surface area contributed by atoms with Gasteiger partial charge in [0.05, 0.1) is 41.9 Å². The van der Waals surface area contributed by atoms with Crippen LogP contribution in [0.25, 0.3) is 17.1 Å². The molecular formula is C24H23FN6O3. The lowest BCUT2D eigenvalue weighted by molar-refractivity contribution is 0.0728. The third-order valence-electron chi connectivity index (χ3n) is 5.76. The number of likely N-dealkylation sites (tertiary alicyclic amines) is 1. The summed E-state index contributed by atoms with van der Waals surface area (Å²) in [7, 11) is 0. The van der Waals surface area contributed by atoms with Crippen LogP contribution in [0.2, 0.25) is 0 Å². The van der Waals surface area contributed by atoms with Crippen molar-refractivity contribution in [3.8, 4) is 22.9 Å². The molecule has 5 rings (SSSR count). The number of ether oxygens (including phenoxy) is 1. The molecule has 1 aliphatic rings. The maximum atomic E-state index is 14.3. The van der Waals surface area contributed by atoms with Crippen molar-refractivity contribution in [2.45, 2.75) is 32.7 Å². The van der Waals surface area contributed by atoms with Crippen molar-refractivity contribution in [2.24, 2.45) is 0 Å². The lowest BCUT2D eigenvalue weighted by Crippen LogP contribution is -2.32. The third kappa shape index (κ3) is 3.91. The van der Waals surface area contributed by atoms with E-state index in [1.807, 2.05) is 19.1 Å². The Morgan fingerprint density at radius 1 is 1.24 bits per heavy atom. The first-order valence-electron chi connectivity index (χ1n) is 11.1. The van der Waals surface area contributed by atoms with Crippen LogP contribution in [0.5, 0.6) is 5.75 Å². The second kappa shape index (κ2) is 9.05. The first-order chi connectivity index (χ1) is 16.6. The minimum Gasteiger partial charge on any atom is -0.490 e. The fourth-order valence-electron chi connectivity index (χ4n) is 4.21. The summed E-state index contributed by atoms with van der Waals surface area (Å²) in [6.07, 6.45) is 4.62. The molecule has 0 aliphatic carbocycles. The molecule has 34 heavy (non-hydrogen) atoms. The number of hydrogen-bond donors (Lipinski definition) is 0. The van der Waals surface area contributed by atoms with Crippen LogP contribution in [0.3, 0.4) is 0 Å². The number of carbonyl (C=O) groups excluding carboxylic acids is 1. The minimum absolute atomic E-state index is 0.0653. The lowest BCUT2D eigenvalue weighted by atomic mass is 10.1. The number of amides is 1.